The van der Waals surface area contributed by atoms with E-state index in [-0.39, 0.29) is 7.92 Å². The van der Waals surface area contributed by atoms with E-state index in [2.05, 4.69) is 74.5 Å². The molecule has 152 valence electrons. The average Bonchev–Trinajstić information content (AvgIpc) is 3.71. The number of hydrogen-bond donors (Lipinski definition) is 1. The van der Waals surface area contributed by atoms with Crippen LogP contribution in [0.5, 0.6) is 0 Å². The molecule has 1 nitrogen and oxygen atoms in total. The summed E-state index contributed by atoms with van der Waals surface area (Å²) in [7, 11) is -0.149. The molecule has 5 unspecified atom stereocenters. The van der Waals surface area contributed by atoms with Crippen LogP contribution in [-0.4, -0.2) is 10.6 Å². The SMILES string of the molecule is CCN.C[C]12[CH]3[CH]4[C]5(P(c6ccccc6)c6ccccc6)[C]1(C)[Fe]34251678[CH]2[CH]1[CH]6[CH]7[CH]28. The molecule has 0 amide bonds. The van der Waals surface area contributed by atoms with Crippen LogP contribution in [0.4, 0.5) is 0 Å². The van der Waals surface area contributed by atoms with Crippen LogP contribution in [0.2, 0.25) is 42.3 Å². The van der Waals surface area contributed by atoms with Crippen molar-refractivity contribution >= 4 is 18.5 Å². The number of fused-ring (bicyclic) bond motifs is 10. The Morgan fingerprint density at radius 1 is 0.793 bits per heavy atom. The zero-order valence-corrected chi connectivity index (χ0v) is 19.4. The summed E-state index contributed by atoms with van der Waals surface area (Å²) in [4.78, 5) is 9.56. The summed E-state index contributed by atoms with van der Waals surface area (Å²) in [6.07, 6.45) is 0. The third kappa shape index (κ3) is 0.240. The summed E-state index contributed by atoms with van der Waals surface area (Å²) in [5.74, 6) is 0. The molecular weight excluding hydrogens is 413 g/mol. The summed E-state index contributed by atoms with van der Waals surface area (Å²) < 4.78 is 2.72. The first-order chi connectivity index (χ1) is 13.8. The molecule has 12 rings (SSSR count). The quantitative estimate of drug-likeness (QED) is 0.446. The topological polar surface area (TPSA) is 26.0 Å². The standard InChI is InChI=1S/C19H18P.C5H5.C2H7N.Fe/c1-15-13-14-19(16(15)2)20(17-9-5-3-6-10-17)18-11-7-4-8-12-18;1-2-4-5-3-1;1-2-3;/h3-14H,1-2H3;1-5H;2-3H2,1H3;. The second kappa shape index (κ2) is 1.78. The minimum atomic E-state index is -3.39. The van der Waals surface area contributed by atoms with Crippen LogP contribution < -0.4 is 16.3 Å². The van der Waals surface area contributed by atoms with E-state index in [0.717, 1.165) is 19.2 Å². The van der Waals surface area contributed by atoms with Crippen molar-refractivity contribution in [2.75, 3.05) is 6.54 Å². The van der Waals surface area contributed by atoms with E-state index in [9.17, 15) is 0 Å². The third-order valence-corrected chi connectivity index (χ3v) is 71.9. The molecule has 0 radical (unpaired) electrons. The number of hydrogen-bond acceptors (Lipinski definition) is 1. The Hall–Kier alpha value is -0.651. The van der Waals surface area contributed by atoms with Gasteiger partial charge in [0.25, 0.3) is 0 Å². The summed E-state index contributed by atoms with van der Waals surface area (Å²) in [6.45, 7) is 5.07. The fraction of sp³-hybridized carbons (Fsp3) is 0.538. The molecule has 1 spiro atoms. The van der Waals surface area contributed by atoms with E-state index in [4.69, 9.17) is 5.73 Å². The van der Waals surface area contributed by atoms with Gasteiger partial charge < -0.3 is 5.73 Å². The van der Waals surface area contributed by atoms with Crippen LogP contribution in [0.15, 0.2) is 60.7 Å². The zero-order valence-electron chi connectivity index (χ0n) is 17.4. The van der Waals surface area contributed by atoms with Gasteiger partial charge in [0.1, 0.15) is 0 Å². The van der Waals surface area contributed by atoms with Crippen LogP contribution in [0.1, 0.15) is 20.8 Å². The van der Waals surface area contributed by atoms with E-state index in [1.807, 2.05) is 6.92 Å². The van der Waals surface area contributed by atoms with Crippen molar-refractivity contribution in [3.05, 3.63) is 60.7 Å². The van der Waals surface area contributed by atoms with E-state index >= 15 is 0 Å². The first kappa shape index (κ1) is 14.4. The molecule has 2 aromatic carbocycles. The molecule has 2 aromatic rings. The predicted octanol–water partition coefficient (Wildman–Crippen LogP) is 6.16. The van der Waals surface area contributed by atoms with E-state index < -0.39 is 6.51 Å². The number of rotatable bonds is 3. The average molecular weight is 443 g/mol. The van der Waals surface area contributed by atoms with Gasteiger partial charge in [-0.1, -0.05) is 6.92 Å². The first-order valence-electron chi connectivity index (χ1n) is 11.6. The Kier molecular flexibility index (Phi) is 0.884. The van der Waals surface area contributed by atoms with Crippen molar-refractivity contribution in [1.82, 2.24) is 0 Å². The predicted molar refractivity (Wildman–Crippen MR) is 120 cm³/mol. The molecule has 0 aromatic heterocycles. The van der Waals surface area contributed by atoms with Crippen molar-refractivity contribution in [3.8, 4) is 0 Å². The monoisotopic (exact) mass is 443 g/mol. The Labute approximate surface area is 164 Å². The normalized spacial score (nSPS) is 79.3. The summed E-state index contributed by atoms with van der Waals surface area (Å²) >= 11 is 0. The van der Waals surface area contributed by atoms with E-state index in [1.165, 1.54) is 33.7 Å². The van der Waals surface area contributed by atoms with Gasteiger partial charge >= 0.3 is 146 Å². The Balaban J connectivity index is 0.000000403. The maximum absolute atomic E-state index is 4.85. The molecule has 10 aliphatic heterocycles. The van der Waals surface area contributed by atoms with Crippen LogP contribution in [-0.2, 0) is 6.51 Å². The van der Waals surface area contributed by atoms with Gasteiger partial charge in [0.05, 0.1) is 0 Å². The van der Waals surface area contributed by atoms with Crippen LogP contribution in [0.25, 0.3) is 0 Å². The number of nitrogens with two attached hydrogens (primary N) is 1. The molecule has 3 heteroatoms. The molecule has 10 aliphatic rings. The molecule has 29 heavy (non-hydrogen) atoms. The minimum absolute atomic E-state index is 0.149. The van der Waals surface area contributed by atoms with Crippen molar-refractivity contribution in [1.29, 1.82) is 0 Å². The van der Waals surface area contributed by atoms with Gasteiger partial charge in [0.15, 0.2) is 0 Å². The Morgan fingerprint density at radius 2 is 1.21 bits per heavy atom. The molecule has 10 fully saturated rings. The molecule has 2 N–H and O–H groups in total. The number of benzene rings is 2. The Morgan fingerprint density at radius 3 is 1.45 bits per heavy atom. The molecule has 0 aliphatic carbocycles. The second-order valence-electron chi connectivity index (χ2n) is 13.9. The van der Waals surface area contributed by atoms with Gasteiger partial charge in [0, 0.05) is 0 Å². The zero-order chi connectivity index (χ0) is 19.4. The van der Waals surface area contributed by atoms with Crippen molar-refractivity contribution in [2.45, 2.75) is 67.2 Å². The van der Waals surface area contributed by atoms with Gasteiger partial charge in [-0.2, -0.15) is 0 Å². The summed E-state index contributed by atoms with van der Waals surface area (Å²) in [5, 5.41) is 3.46. The molecule has 10 saturated heterocycles. The summed E-state index contributed by atoms with van der Waals surface area (Å²) in [6, 6.07) is 23.8. The maximum atomic E-state index is 4.85. The van der Waals surface area contributed by atoms with Crippen molar-refractivity contribution in [2.24, 2.45) is 5.73 Å². The molecule has 0 saturated carbocycles. The molecular formula is C26H30FeNP. The van der Waals surface area contributed by atoms with Crippen molar-refractivity contribution < 1.29 is 6.51 Å². The molecule has 10 heterocycles. The Bertz CT molecular complexity index is 1540. The van der Waals surface area contributed by atoms with Gasteiger partial charge in [-0.3, -0.25) is 0 Å². The van der Waals surface area contributed by atoms with Gasteiger partial charge in [-0.25, -0.2) is 0 Å². The van der Waals surface area contributed by atoms with Gasteiger partial charge in [0.2, 0.25) is 0 Å². The first-order valence-corrected chi connectivity index (χ1v) is 19.1. The fourth-order valence-electron chi connectivity index (χ4n) is 21.3. The van der Waals surface area contributed by atoms with Crippen LogP contribution in [0, 0.1) is 0 Å². The van der Waals surface area contributed by atoms with Gasteiger partial charge in [-0.15, -0.1) is 0 Å². The third-order valence-electron chi connectivity index (χ3n) is 18.9. The van der Waals surface area contributed by atoms with E-state index in [1.54, 1.807) is 10.6 Å². The van der Waals surface area contributed by atoms with E-state index in [0.29, 0.717) is 0 Å². The fourth-order valence-corrected chi connectivity index (χ4v) is 116. The molecule has 0 bridgehead atoms. The van der Waals surface area contributed by atoms with Crippen molar-refractivity contribution in [3.63, 3.8) is 0 Å². The molecule has 5 atom stereocenters. The summed E-state index contributed by atoms with van der Waals surface area (Å²) in [5.41, 5.74) is 4.85. The second-order valence-corrected chi connectivity index (χ2v) is 40.1. The van der Waals surface area contributed by atoms with Crippen LogP contribution >= 0.6 is 7.92 Å². The van der Waals surface area contributed by atoms with Gasteiger partial charge in [-0.05, 0) is 6.54 Å². The van der Waals surface area contributed by atoms with Crippen LogP contribution in [0.3, 0.4) is 0 Å².